The van der Waals surface area contributed by atoms with Gasteiger partial charge >= 0.3 is 6.18 Å². The molecule has 5 nitrogen and oxygen atoms in total. The number of unbranched alkanes of at least 4 members (excludes halogenated alkanes) is 1. The second-order valence-electron chi connectivity index (χ2n) is 5.08. The van der Waals surface area contributed by atoms with Crippen LogP contribution in [-0.4, -0.2) is 28.8 Å². The van der Waals surface area contributed by atoms with Gasteiger partial charge in [-0.1, -0.05) is 0 Å². The Kier molecular flexibility index (Phi) is 5.86. The first-order chi connectivity index (χ1) is 11.4. The van der Waals surface area contributed by atoms with Crippen LogP contribution in [0.3, 0.4) is 0 Å². The molecule has 0 saturated carbocycles. The van der Waals surface area contributed by atoms with Crippen molar-refractivity contribution >= 4 is 11.6 Å². The fourth-order valence-corrected chi connectivity index (χ4v) is 2.08. The number of hydrogen-bond donors (Lipinski definition) is 2. The van der Waals surface area contributed by atoms with E-state index in [4.69, 9.17) is 5.73 Å². The van der Waals surface area contributed by atoms with Gasteiger partial charge in [0.15, 0.2) is 0 Å². The minimum absolute atomic E-state index is 0.0516. The Hall–Kier alpha value is -2.48. The predicted molar refractivity (Wildman–Crippen MR) is 83.7 cm³/mol. The number of aromatic nitrogens is 2. The molecule has 3 N–H and O–H groups in total. The maximum Gasteiger partial charge on any atom is 0.418 e. The summed E-state index contributed by atoms with van der Waals surface area (Å²) in [6.07, 6.45) is -0.478. The number of nitrogens with zero attached hydrogens (tertiary/aromatic N) is 2. The molecule has 0 unspecified atom stereocenters. The van der Waals surface area contributed by atoms with Crippen LogP contribution in [0.5, 0.6) is 0 Å². The van der Waals surface area contributed by atoms with Gasteiger partial charge in [0.25, 0.3) is 0 Å². The Morgan fingerprint density at radius 1 is 1.21 bits per heavy atom. The fraction of sp³-hybridized carbons (Fsp3) is 0.312. The Labute approximate surface area is 137 Å². The number of nitrogens with one attached hydrogen (secondary N) is 1. The number of anilines is 1. The van der Waals surface area contributed by atoms with Crippen molar-refractivity contribution in [2.45, 2.75) is 19.0 Å². The third-order valence-electron chi connectivity index (χ3n) is 3.28. The normalized spacial score (nSPS) is 11.3. The summed E-state index contributed by atoms with van der Waals surface area (Å²) in [5.41, 5.74) is 3.73. The summed E-state index contributed by atoms with van der Waals surface area (Å²) in [5, 5.41) is 2.90. The second kappa shape index (κ2) is 7.87. The summed E-state index contributed by atoms with van der Waals surface area (Å²) in [6.45, 7) is 1.04. The molecule has 0 aliphatic heterocycles. The average molecular weight is 338 g/mol. The molecular weight excluding hydrogens is 321 g/mol. The molecule has 2 aromatic rings. The average Bonchev–Trinajstić information content (AvgIpc) is 2.58. The molecule has 2 heterocycles. The Balaban J connectivity index is 2.32. The summed E-state index contributed by atoms with van der Waals surface area (Å²) in [6, 6.07) is 4.96. The van der Waals surface area contributed by atoms with Crippen molar-refractivity contribution in [3.63, 3.8) is 0 Å². The number of rotatable bonds is 7. The number of hydrogen-bond acceptors (Lipinski definition) is 5. The highest BCUT2D eigenvalue weighted by atomic mass is 19.4. The summed E-state index contributed by atoms with van der Waals surface area (Å²) < 4.78 is 39.5. The van der Waals surface area contributed by atoms with Crippen molar-refractivity contribution in [3.8, 4) is 0 Å². The van der Waals surface area contributed by atoms with Crippen LogP contribution < -0.4 is 11.1 Å². The molecular formula is C16H17F3N4O. The lowest BCUT2D eigenvalue weighted by atomic mass is 10.0. The summed E-state index contributed by atoms with van der Waals surface area (Å²) in [5.74, 6) is -0.603. The number of pyridine rings is 2. The third kappa shape index (κ3) is 4.51. The van der Waals surface area contributed by atoms with Gasteiger partial charge < -0.3 is 11.1 Å². The van der Waals surface area contributed by atoms with Crippen LogP contribution in [-0.2, 0) is 6.18 Å². The fourth-order valence-electron chi connectivity index (χ4n) is 2.08. The van der Waals surface area contributed by atoms with E-state index in [0.717, 1.165) is 18.9 Å². The molecule has 0 spiro atoms. The van der Waals surface area contributed by atoms with Crippen molar-refractivity contribution in [1.29, 1.82) is 0 Å². The first-order valence-corrected chi connectivity index (χ1v) is 7.40. The van der Waals surface area contributed by atoms with E-state index in [1.165, 1.54) is 30.6 Å². The van der Waals surface area contributed by atoms with E-state index >= 15 is 0 Å². The molecule has 0 fully saturated rings. The molecule has 2 rings (SSSR count). The summed E-state index contributed by atoms with van der Waals surface area (Å²) in [4.78, 5) is 20.0. The van der Waals surface area contributed by atoms with Crippen molar-refractivity contribution in [2.75, 3.05) is 18.4 Å². The number of alkyl halides is 3. The lowest BCUT2D eigenvalue weighted by molar-refractivity contribution is -0.138. The number of nitrogens with two attached hydrogens (primary N) is 1. The highest BCUT2D eigenvalue weighted by Gasteiger charge is 2.36. The van der Waals surface area contributed by atoms with Crippen LogP contribution in [0, 0.1) is 0 Å². The van der Waals surface area contributed by atoms with E-state index in [0.29, 0.717) is 13.1 Å². The van der Waals surface area contributed by atoms with Crippen LogP contribution in [0.25, 0.3) is 0 Å². The van der Waals surface area contributed by atoms with Gasteiger partial charge in [0.1, 0.15) is 11.5 Å². The van der Waals surface area contributed by atoms with Gasteiger partial charge in [-0.3, -0.25) is 9.78 Å². The number of ketones is 1. The van der Waals surface area contributed by atoms with Gasteiger partial charge in [0, 0.05) is 24.5 Å². The zero-order valence-corrected chi connectivity index (χ0v) is 12.8. The minimum atomic E-state index is -4.67. The quantitative estimate of drug-likeness (QED) is 0.599. The van der Waals surface area contributed by atoms with Gasteiger partial charge in [-0.2, -0.15) is 13.2 Å². The number of carbonyl (C=O) groups excluding carboxylic acids is 1. The van der Waals surface area contributed by atoms with Crippen LogP contribution in [0.1, 0.15) is 34.5 Å². The topological polar surface area (TPSA) is 80.9 Å². The molecule has 0 amide bonds. The predicted octanol–water partition coefficient (Wildman–Crippen LogP) is 2.88. The number of halogens is 3. The van der Waals surface area contributed by atoms with E-state index in [-0.39, 0.29) is 11.4 Å². The number of carbonyl (C=O) groups is 1. The smallest absolute Gasteiger partial charge is 0.370 e. The van der Waals surface area contributed by atoms with Crippen molar-refractivity contribution in [2.24, 2.45) is 5.73 Å². The highest BCUT2D eigenvalue weighted by molar-refractivity contribution is 6.08. The molecule has 2 aromatic heterocycles. The van der Waals surface area contributed by atoms with Crippen molar-refractivity contribution in [1.82, 2.24) is 9.97 Å². The Morgan fingerprint density at radius 2 is 2.00 bits per heavy atom. The molecule has 0 aromatic carbocycles. The van der Waals surface area contributed by atoms with Crippen LogP contribution >= 0.6 is 0 Å². The van der Waals surface area contributed by atoms with Crippen LogP contribution in [0.15, 0.2) is 36.7 Å². The Morgan fingerprint density at radius 3 is 2.62 bits per heavy atom. The van der Waals surface area contributed by atoms with Gasteiger partial charge in [-0.15, -0.1) is 0 Å². The minimum Gasteiger partial charge on any atom is -0.370 e. The van der Waals surface area contributed by atoms with E-state index < -0.39 is 23.2 Å². The molecule has 8 heteroatoms. The summed E-state index contributed by atoms with van der Waals surface area (Å²) in [7, 11) is 0. The van der Waals surface area contributed by atoms with Gasteiger partial charge in [-0.25, -0.2) is 4.98 Å². The standard InChI is InChI=1S/C16H17F3N4O/c17-16(18,19)12-5-6-13(22-9-2-1-7-20)23-14(12)15(24)11-4-3-8-21-10-11/h3-6,8,10H,1-2,7,9,20H2,(H,22,23). The largest absolute Gasteiger partial charge is 0.418 e. The molecule has 0 aliphatic carbocycles. The van der Waals surface area contributed by atoms with Gasteiger partial charge in [0.05, 0.1) is 5.56 Å². The first kappa shape index (κ1) is 17.9. The van der Waals surface area contributed by atoms with Crippen molar-refractivity contribution < 1.29 is 18.0 Å². The molecule has 24 heavy (non-hydrogen) atoms. The van der Waals surface area contributed by atoms with Gasteiger partial charge in [0.2, 0.25) is 5.78 Å². The van der Waals surface area contributed by atoms with E-state index in [9.17, 15) is 18.0 Å². The first-order valence-electron chi connectivity index (χ1n) is 7.40. The second-order valence-corrected chi connectivity index (χ2v) is 5.08. The van der Waals surface area contributed by atoms with Crippen LogP contribution in [0.4, 0.5) is 19.0 Å². The summed E-state index contributed by atoms with van der Waals surface area (Å²) >= 11 is 0. The molecule has 128 valence electrons. The zero-order valence-electron chi connectivity index (χ0n) is 12.8. The SMILES string of the molecule is NCCCCNc1ccc(C(F)(F)F)c(C(=O)c2cccnc2)n1. The van der Waals surface area contributed by atoms with E-state index in [1.807, 2.05) is 0 Å². The van der Waals surface area contributed by atoms with E-state index in [2.05, 4.69) is 15.3 Å². The monoisotopic (exact) mass is 338 g/mol. The van der Waals surface area contributed by atoms with Crippen molar-refractivity contribution in [3.05, 3.63) is 53.5 Å². The molecule has 0 aliphatic rings. The van der Waals surface area contributed by atoms with Gasteiger partial charge in [-0.05, 0) is 43.7 Å². The highest BCUT2D eigenvalue weighted by Crippen LogP contribution is 2.33. The molecule has 0 saturated heterocycles. The molecule has 0 radical (unpaired) electrons. The third-order valence-corrected chi connectivity index (χ3v) is 3.28. The maximum absolute atomic E-state index is 13.2. The van der Waals surface area contributed by atoms with E-state index in [1.54, 1.807) is 0 Å². The Bertz CT molecular complexity index is 689. The maximum atomic E-state index is 13.2. The molecule has 0 atom stereocenters. The lowest BCUT2D eigenvalue weighted by Crippen LogP contribution is -2.17. The lowest BCUT2D eigenvalue weighted by Gasteiger charge is -2.13. The zero-order chi connectivity index (χ0) is 17.6. The van der Waals surface area contributed by atoms with Crippen LogP contribution in [0.2, 0.25) is 0 Å². The molecule has 0 bridgehead atoms.